The molecule has 2 aromatic rings. The summed E-state index contributed by atoms with van der Waals surface area (Å²) >= 11 is 0. The predicted molar refractivity (Wildman–Crippen MR) is 101 cm³/mol. The fourth-order valence-corrected chi connectivity index (χ4v) is 4.81. The van der Waals surface area contributed by atoms with Crippen molar-refractivity contribution in [3.63, 3.8) is 0 Å². The number of aliphatic hydroxyl groups excluding tert-OH is 1. The number of rotatable bonds is 5. The van der Waals surface area contributed by atoms with Crippen LogP contribution in [0.15, 0.2) is 47.4 Å². The molecule has 0 bridgehead atoms. The van der Waals surface area contributed by atoms with Gasteiger partial charge in [-0.25, -0.2) is 8.42 Å². The van der Waals surface area contributed by atoms with Gasteiger partial charge in [-0.1, -0.05) is 18.2 Å². The highest BCUT2D eigenvalue weighted by Crippen LogP contribution is 2.33. The average molecular weight is 429 g/mol. The van der Waals surface area contributed by atoms with E-state index in [2.05, 4.69) is 0 Å². The SMILES string of the molecule is Cc1cc(S(=O)(=O)N2CCC(O)CC2)ccc1OCc1ccccc1C(F)(F)F. The average Bonchev–Trinajstić information content (AvgIpc) is 2.67. The molecule has 5 nitrogen and oxygen atoms in total. The van der Waals surface area contributed by atoms with E-state index in [-0.39, 0.29) is 30.2 Å². The lowest BCUT2D eigenvalue weighted by Gasteiger charge is -2.28. The number of hydrogen-bond acceptors (Lipinski definition) is 4. The summed E-state index contributed by atoms with van der Waals surface area (Å²) < 4.78 is 71.7. The van der Waals surface area contributed by atoms with Crippen molar-refractivity contribution in [3.05, 3.63) is 59.2 Å². The van der Waals surface area contributed by atoms with Gasteiger partial charge in [0, 0.05) is 18.7 Å². The molecule has 0 spiro atoms. The van der Waals surface area contributed by atoms with Crippen LogP contribution in [0.2, 0.25) is 0 Å². The number of sulfonamides is 1. The number of halogens is 3. The van der Waals surface area contributed by atoms with E-state index in [1.54, 1.807) is 6.92 Å². The van der Waals surface area contributed by atoms with Crippen LogP contribution in [0, 0.1) is 6.92 Å². The third-order valence-electron chi connectivity index (χ3n) is 4.91. The Labute approximate surface area is 167 Å². The van der Waals surface area contributed by atoms with Crippen LogP contribution in [0.5, 0.6) is 5.75 Å². The summed E-state index contributed by atoms with van der Waals surface area (Å²) in [7, 11) is -3.70. The van der Waals surface area contributed by atoms with Gasteiger partial charge in [0.1, 0.15) is 12.4 Å². The lowest BCUT2D eigenvalue weighted by Crippen LogP contribution is -2.40. The fourth-order valence-electron chi connectivity index (χ4n) is 3.25. The highest BCUT2D eigenvalue weighted by molar-refractivity contribution is 7.89. The molecule has 1 N–H and O–H groups in total. The molecule has 1 aliphatic rings. The molecule has 9 heteroatoms. The number of aliphatic hydroxyl groups is 1. The van der Waals surface area contributed by atoms with E-state index < -0.39 is 27.9 Å². The zero-order chi connectivity index (χ0) is 21.2. The molecular formula is C20H22F3NO4S. The molecule has 2 aromatic carbocycles. The molecule has 29 heavy (non-hydrogen) atoms. The van der Waals surface area contributed by atoms with Gasteiger partial charge in [0.2, 0.25) is 10.0 Å². The number of hydrogen-bond donors (Lipinski definition) is 1. The van der Waals surface area contributed by atoms with E-state index in [9.17, 15) is 26.7 Å². The summed E-state index contributed by atoms with van der Waals surface area (Å²) in [6.07, 6.45) is -4.19. The number of piperidine rings is 1. The lowest BCUT2D eigenvalue weighted by atomic mass is 10.1. The summed E-state index contributed by atoms with van der Waals surface area (Å²) in [5, 5.41) is 9.56. The summed E-state index contributed by atoms with van der Waals surface area (Å²) in [5.41, 5.74) is -0.250. The third-order valence-corrected chi connectivity index (χ3v) is 6.81. The van der Waals surface area contributed by atoms with Gasteiger partial charge in [-0.15, -0.1) is 0 Å². The molecule has 1 saturated heterocycles. The number of nitrogens with zero attached hydrogens (tertiary/aromatic N) is 1. The maximum atomic E-state index is 13.1. The molecular weight excluding hydrogens is 407 g/mol. The minimum atomic E-state index is -4.48. The second kappa shape index (κ2) is 8.33. The van der Waals surface area contributed by atoms with Crippen molar-refractivity contribution in [2.45, 2.75) is 43.5 Å². The maximum Gasteiger partial charge on any atom is 0.416 e. The van der Waals surface area contributed by atoms with E-state index >= 15 is 0 Å². The second-order valence-electron chi connectivity index (χ2n) is 7.01. The predicted octanol–water partition coefficient (Wildman–Crippen LogP) is 3.74. The van der Waals surface area contributed by atoms with Gasteiger partial charge in [-0.2, -0.15) is 17.5 Å². The van der Waals surface area contributed by atoms with Crippen LogP contribution in [0.1, 0.15) is 29.5 Å². The first-order chi connectivity index (χ1) is 13.6. The van der Waals surface area contributed by atoms with Gasteiger partial charge < -0.3 is 9.84 Å². The highest BCUT2D eigenvalue weighted by Gasteiger charge is 2.33. The molecule has 0 radical (unpaired) electrons. The molecule has 0 saturated carbocycles. The first-order valence-corrected chi connectivity index (χ1v) is 10.6. The molecule has 0 aromatic heterocycles. The summed E-state index contributed by atoms with van der Waals surface area (Å²) in [4.78, 5) is 0.0921. The number of ether oxygens (including phenoxy) is 1. The van der Waals surface area contributed by atoms with Gasteiger partial charge >= 0.3 is 6.18 Å². The number of aryl methyl sites for hydroxylation is 1. The minimum absolute atomic E-state index is 0.00275. The standard InChI is InChI=1S/C20H22F3NO4S/c1-14-12-17(29(26,27)24-10-8-16(25)9-11-24)6-7-19(14)28-13-15-4-2-3-5-18(15)20(21,22)23/h2-7,12,16,25H,8-11,13H2,1H3. The lowest BCUT2D eigenvalue weighted by molar-refractivity contribution is -0.138. The van der Waals surface area contributed by atoms with Crippen molar-refractivity contribution in [1.82, 2.24) is 4.31 Å². The van der Waals surface area contributed by atoms with Crippen LogP contribution in [0.4, 0.5) is 13.2 Å². The highest BCUT2D eigenvalue weighted by atomic mass is 32.2. The monoisotopic (exact) mass is 429 g/mol. The Balaban J connectivity index is 1.76. The van der Waals surface area contributed by atoms with E-state index in [4.69, 9.17) is 4.74 Å². The van der Waals surface area contributed by atoms with Crippen molar-refractivity contribution in [2.24, 2.45) is 0 Å². The quantitative estimate of drug-likeness (QED) is 0.787. The van der Waals surface area contributed by atoms with E-state index in [1.165, 1.54) is 40.7 Å². The van der Waals surface area contributed by atoms with E-state index in [0.29, 0.717) is 24.2 Å². The largest absolute Gasteiger partial charge is 0.489 e. The van der Waals surface area contributed by atoms with E-state index in [1.807, 2.05) is 0 Å². The van der Waals surface area contributed by atoms with Crippen molar-refractivity contribution in [2.75, 3.05) is 13.1 Å². The number of benzene rings is 2. The van der Waals surface area contributed by atoms with Gasteiger partial charge in [0.15, 0.2) is 0 Å². The molecule has 1 fully saturated rings. The normalized spacial score (nSPS) is 16.7. The molecule has 0 atom stereocenters. The van der Waals surface area contributed by atoms with Gasteiger partial charge in [0.05, 0.1) is 16.6 Å². The van der Waals surface area contributed by atoms with Crippen molar-refractivity contribution >= 4 is 10.0 Å². The van der Waals surface area contributed by atoms with Crippen molar-refractivity contribution in [1.29, 1.82) is 0 Å². The molecule has 0 unspecified atom stereocenters. The Morgan fingerprint density at radius 2 is 1.79 bits per heavy atom. The Kier molecular flexibility index (Phi) is 6.21. The molecule has 0 amide bonds. The topological polar surface area (TPSA) is 66.8 Å². The minimum Gasteiger partial charge on any atom is -0.489 e. The molecule has 1 heterocycles. The summed E-state index contributed by atoms with van der Waals surface area (Å²) in [6, 6.07) is 9.46. The Hall–Kier alpha value is -2.10. The molecule has 1 aliphatic heterocycles. The van der Waals surface area contributed by atoms with Crippen LogP contribution >= 0.6 is 0 Å². The van der Waals surface area contributed by atoms with Crippen LogP contribution in [-0.4, -0.2) is 37.0 Å². The summed E-state index contributed by atoms with van der Waals surface area (Å²) in [6.45, 7) is 1.85. The molecule has 3 rings (SSSR count). The zero-order valence-corrected chi connectivity index (χ0v) is 16.6. The Bertz CT molecular complexity index is 968. The first kappa shape index (κ1) is 21.6. The third kappa shape index (κ3) is 4.91. The maximum absolute atomic E-state index is 13.1. The second-order valence-corrected chi connectivity index (χ2v) is 8.94. The molecule has 158 valence electrons. The van der Waals surface area contributed by atoms with Crippen LogP contribution in [-0.2, 0) is 22.8 Å². The van der Waals surface area contributed by atoms with E-state index in [0.717, 1.165) is 6.07 Å². The Morgan fingerprint density at radius 1 is 1.14 bits per heavy atom. The molecule has 0 aliphatic carbocycles. The van der Waals surface area contributed by atoms with Gasteiger partial charge in [-0.05, 0) is 49.6 Å². The Morgan fingerprint density at radius 3 is 2.41 bits per heavy atom. The number of alkyl halides is 3. The summed E-state index contributed by atoms with van der Waals surface area (Å²) in [5.74, 6) is 0.315. The fraction of sp³-hybridized carbons (Fsp3) is 0.400. The van der Waals surface area contributed by atoms with Gasteiger partial charge in [0.25, 0.3) is 0 Å². The van der Waals surface area contributed by atoms with Crippen LogP contribution in [0.25, 0.3) is 0 Å². The first-order valence-electron chi connectivity index (χ1n) is 9.16. The van der Waals surface area contributed by atoms with Crippen molar-refractivity contribution in [3.8, 4) is 5.75 Å². The van der Waals surface area contributed by atoms with Crippen molar-refractivity contribution < 1.29 is 31.4 Å². The van der Waals surface area contributed by atoms with Crippen LogP contribution in [0.3, 0.4) is 0 Å². The van der Waals surface area contributed by atoms with Crippen LogP contribution < -0.4 is 4.74 Å². The van der Waals surface area contributed by atoms with Gasteiger partial charge in [-0.3, -0.25) is 0 Å². The zero-order valence-electron chi connectivity index (χ0n) is 15.8. The smallest absolute Gasteiger partial charge is 0.416 e.